The van der Waals surface area contributed by atoms with E-state index in [4.69, 9.17) is 12.2 Å². The Kier molecular flexibility index (Phi) is 6.43. The summed E-state index contributed by atoms with van der Waals surface area (Å²) < 4.78 is 7.27. The van der Waals surface area contributed by atoms with E-state index in [0.717, 1.165) is 31.7 Å². The van der Waals surface area contributed by atoms with Gasteiger partial charge in [-0.15, -0.1) is 0 Å². The lowest BCUT2D eigenvalue weighted by atomic mass is 9.83. The number of thioether (sulfide) groups is 1. The molecule has 162 valence electrons. The molecule has 4 rings (SSSR count). The Bertz CT molecular complexity index is 1070. The molecule has 2 atom stereocenters. The van der Waals surface area contributed by atoms with Crippen molar-refractivity contribution in [1.82, 2.24) is 9.47 Å². The summed E-state index contributed by atoms with van der Waals surface area (Å²) >= 11 is 6.96. The monoisotopic (exact) mass is 457 g/mol. The van der Waals surface area contributed by atoms with E-state index < -0.39 is 5.97 Å². The van der Waals surface area contributed by atoms with Crippen LogP contribution in [0.25, 0.3) is 0 Å². The van der Waals surface area contributed by atoms with Gasteiger partial charge in [0.15, 0.2) is 0 Å². The molecule has 0 radical (unpaired) electrons. The molecule has 1 fully saturated rings. The van der Waals surface area contributed by atoms with Crippen LogP contribution >= 0.6 is 24.0 Å². The van der Waals surface area contributed by atoms with Gasteiger partial charge < -0.3 is 19.5 Å². The number of anilines is 1. The number of aromatic nitrogens is 1. The van der Waals surface area contributed by atoms with E-state index in [1.54, 1.807) is 30.3 Å². The number of hydrogen-bond acceptors (Lipinski definition) is 6. The van der Waals surface area contributed by atoms with E-state index in [-0.39, 0.29) is 23.1 Å². The predicted octanol–water partition coefficient (Wildman–Crippen LogP) is 2.71. The first-order valence-corrected chi connectivity index (χ1v) is 11.4. The number of carbonyl (C=O) groups excluding carboxylic acids is 2. The average molecular weight is 458 g/mol. The van der Waals surface area contributed by atoms with E-state index in [9.17, 15) is 14.4 Å². The fourth-order valence-corrected chi connectivity index (χ4v) is 5.25. The number of piperidine rings is 1. The Hall–Kier alpha value is -2.65. The number of fused-ring (bicyclic) bond motifs is 4. The zero-order valence-electron chi connectivity index (χ0n) is 17.1. The molecule has 2 aliphatic rings. The van der Waals surface area contributed by atoms with Gasteiger partial charge in [-0.3, -0.25) is 9.59 Å². The smallest absolute Gasteiger partial charge is 0.337 e. The van der Waals surface area contributed by atoms with Crippen molar-refractivity contribution in [2.45, 2.75) is 18.9 Å². The number of methoxy groups -OCH3 is 1. The van der Waals surface area contributed by atoms with Gasteiger partial charge in [-0.2, -0.15) is 0 Å². The summed E-state index contributed by atoms with van der Waals surface area (Å²) in [5.41, 5.74) is 2.18. The minimum absolute atomic E-state index is 0.0638. The van der Waals surface area contributed by atoms with Crippen molar-refractivity contribution in [2.75, 3.05) is 31.3 Å². The van der Waals surface area contributed by atoms with Crippen LogP contribution in [0.4, 0.5) is 5.69 Å². The number of nitrogens with one attached hydrogen (secondary N) is 1. The van der Waals surface area contributed by atoms with E-state index in [2.05, 4.69) is 15.0 Å². The van der Waals surface area contributed by atoms with Crippen molar-refractivity contribution in [2.24, 2.45) is 5.92 Å². The molecule has 2 bridgehead atoms. The third-order valence-electron chi connectivity index (χ3n) is 5.65. The van der Waals surface area contributed by atoms with Crippen molar-refractivity contribution >= 4 is 45.9 Å². The number of thiocarbonyl (C=S) groups is 1. The summed E-state index contributed by atoms with van der Waals surface area (Å²) in [4.78, 5) is 38.1. The number of nitrogens with zero attached hydrogens (tertiary/aromatic N) is 2. The van der Waals surface area contributed by atoms with Gasteiger partial charge in [0.25, 0.3) is 5.56 Å². The van der Waals surface area contributed by atoms with E-state index in [0.29, 0.717) is 21.5 Å². The van der Waals surface area contributed by atoms with Gasteiger partial charge in [0.2, 0.25) is 5.91 Å². The Labute approximate surface area is 189 Å². The summed E-state index contributed by atoms with van der Waals surface area (Å²) in [7, 11) is 1.33. The van der Waals surface area contributed by atoms with Gasteiger partial charge in [-0.05, 0) is 42.7 Å². The molecule has 3 heterocycles. The third kappa shape index (κ3) is 4.83. The van der Waals surface area contributed by atoms with E-state index >= 15 is 0 Å². The summed E-state index contributed by atoms with van der Waals surface area (Å²) in [6.45, 7) is 2.29. The Morgan fingerprint density at radius 3 is 2.68 bits per heavy atom. The zero-order chi connectivity index (χ0) is 22.0. The van der Waals surface area contributed by atoms with Gasteiger partial charge in [0.1, 0.15) is 4.32 Å². The standard InChI is InChI=1S/C22H23N3O4S2/c1-29-21(28)15-5-7-17(8-6-15)23-19(26)13-31-22(30)24-10-14-9-16(12-24)18-3-2-4-20(27)25(18)11-14/h2-8,14,16H,9-13H2,1H3,(H,23,26). The minimum Gasteiger partial charge on any atom is -0.465 e. The van der Waals surface area contributed by atoms with E-state index in [1.165, 1.54) is 18.9 Å². The van der Waals surface area contributed by atoms with Gasteiger partial charge in [0, 0.05) is 43.0 Å². The first-order valence-electron chi connectivity index (χ1n) is 10.0. The summed E-state index contributed by atoms with van der Waals surface area (Å²) in [6.07, 6.45) is 1.06. The maximum atomic E-state index is 12.3. The van der Waals surface area contributed by atoms with Crippen molar-refractivity contribution < 1.29 is 14.3 Å². The van der Waals surface area contributed by atoms with Gasteiger partial charge in [-0.1, -0.05) is 30.0 Å². The second kappa shape index (κ2) is 9.23. The fraction of sp³-hybridized carbons (Fsp3) is 0.364. The normalized spacial score (nSPS) is 19.3. The van der Waals surface area contributed by atoms with Crippen molar-refractivity contribution in [3.63, 3.8) is 0 Å². The molecule has 2 aromatic rings. The predicted molar refractivity (Wildman–Crippen MR) is 125 cm³/mol. The molecule has 0 saturated carbocycles. The highest BCUT2D eigenvalue weighted by Gasteiger charge is 2.35. The SMILES string of the molecule is COC(=O)c1ccc(NC(=O)CSC(=S)N2CC3CC(C2)c2cccc(=O)n2C3)cc1. The first kappa shape index (κ1) is 21.6. The summed E-state index contributed by atoms with van der Waals surface area (Å²) in [5.74, 6) is 0.290. The van der Waals surface area contributed by atoms with Gasteiger partial charge >= 0.3 is 5.97 Å². The molecule has 9 heteroatoms. The lowest BCUT2D eigenvalue weighted by Crippen LogP contribution is -2.48. The van der Waals surface area contributed by atoms with Crippen LogP contribution < -0.4 is 10.9 Å². The lowest BCUT2D eigenvalue weighted by Gasteiger charge is -2.43. The van der Waals surface area contributed by atoms with Gasteiger partial charge in [0.05, 0.1) is 18.4 Å². The van der Waals surface area contributed by atoms with Crippen molar-refractivity contribution in [1.29, 1.82) is 0 Å². The molecular weight excluding hydrogens is 434 g/mol. The minimum atomic E-state index is -0.419. The van der Waals surface area contributed by atoms with E-state index in [1.807, 2.05) is 16.7 Å². The van der Waals surface area contributed by atoms with Crippen LogP contribution in [0, 0.1) is 5.92 Å². The molecule has 1 amide bonds. The van der Waals surface area contributed by atoms with Crippen LogP contribution in [-0.2, 0) is 16.1 Å². The van der Waals surface area contributed by atoms with Crippen LogP contribution in [0.5, 0.6) is 0 Å². The Balaban J connectivity index is 1.31. The van der Waals surface area contributed by atoms with Crippen LogP contribution in [0.2, 0.25) is 0 Å². The Morgan fingerprint density at radius 2 is 1.94 bits per heavy atom. The number of carbonyl (C=O) groups is 2. The second-order valence-electron chi connectivity index (χ2n) is 7.77. The molecule has 7 nitrogen and oxygen atoms in total. The number of esters is 1. The number of pyridine rings is 1. The third-order valence-corrected chi connectivity index (χ3v) is 7.18. The summed E-state index contributed by atoms with van der Waals surface area (Å²) in [5, 5.41) is 2.82. The van der Waals surface area contributed by atoms with Crippen LogP contribution in [0.15, 0.2) is 47.3 Å². The highest BCUT2D eigenvalue weighted by atomic mass is 32.2. The molecule has 1 N–H and O–H groups in total. The largest absolute Gasteiger partial charge is 0.465 e. The van der Waals surface area contributed by atoms with Crippen molar-refractivity contribution in [3.8, 4) is 0 Å². The van der Waals surface area contributed by atoms with Crippen LogP contribution in [-0.4, -0.2) is 51.6 Å². The fourth-order valence-electron chi connectivity index (χ4n) is 4.27. The Morgan fingerprint density at radius 1 is 1.16 bits per heavy atom. The number of rotatable bonds is 4. The number of likely N-dealkylation sites (tertiary alicyclic amines) is 1. The highest BCUT2D eigenvalue weighted by Crippen LogP contribution is 2.36. The average Bonchev–Trinajstić information content (AvgIpc) is 2.78. The molecule has 1 saturated heterocycles. The van der Waals surface area contributed by atoms with Crippen LogP contribution in [0.1, 0.15) is 28.4 Å². The first-order chi connectivity index (χ1) is 14.9. The number of amides is 1. The number of ether oxygens (including phenoxy) is 1. The maximum Gasteiger partial charge on any atom is 0.337 e. The molecule has 0 aliphatic carbocycles. The molecule has 2 unspecified atom stereocenters. The molecule has 1 aromatic carbocycles. The molecular formula is C22H23N3O4S2. The highest BCUT2D eigenvalue weighted by molar-refractivity contribution is 8.23. The maximum absolute atomic E-state index is 12.3. The lowest BCUT2D eigenvalue weighted by molar-refractivity contribution is -0.113. The molecule has 2 aliphatic heterocycles. The van der Waals surface area contributed by atoms with Crippen molar-refractivity contribution in [3.05, 3.63) is 64.1 Å². The van der Waals surface area contributed by atoms with Gasteiger partial charge in [-0.25, -0.2) is 4.79 Å². The van der Waals surface area contributed by atoms with Crippen LogP contribution in [0.3, 0.4) is 0 Å². The topological polar surface area (TPSA) is 80.6 Å². The summed E-state index contributed by atoms with van der Waals surface area (Å²) in [6, 6.07) is 12.0. The zero-order valence-corrected chi connectivity index (χ0v) is 18.7. The molecule has 31 heavy (non-hydrogen) atoms. The second-order valence-corrected chi connectivity index (χ2v) is 9.38. The number of hydrogen-bond donors (Lipinski definition) is 1. The molecule has 0 spiro atoms. The quantitative estimate of drug-likeness (QED) is 0.559. The number of benzene rings is 1. The molecule has 1 aromatic heterocycles.